The second-order valence-electron chi connectivity index (χ2n) is 3.63. The Labute approximate surface area is 88.8 Å². The molecule has 14 heavy (non-hydrogen) atoms. The molecule has 0 unspecified atom stereocenters. The number of thiazole rings is 1. The van der Waals surface area contributed by atoms with Gasteiger partial charge >= 0.3 is 0 Å². The molecule has 0 radical (unpaired) electrons. The van der Waals surface area contributed by atoms with Gasteiger partial charge in [0.1, 0.15) is 10.9 Å². The fraction of sp³-hybridized carbons (Fsp3) is 0.600. The third-order valence-corrected chi connectivity index (χ3v) is 2.73. The Morgan fingerprint density at radius 2 is 2.29 bits per heavy atom. The molecule has 0 aliphatic rings. The summed E-state index contributed by atoms with van der Waals surface area (Å²) in [6.07, 6.45) is 1.10. The van der Waals surface area contributed by atoms with Crippen LogP contribution >= 0.6 is 11.3 Å². The summed E-state index contributed by atoms with van der Waals surface area (Å²) in [5.74, 6) is 1.42. The zero-order valence-corrected chi connectivity index (χ0v) is 9.61. The van der Waals surface area contributed by atoms with Gasteiger partial charge in [-0.1, -0.05) is 13.8 Å². The molecule has 0 amide bonds. The molecule has 76 valence electrons. The summed E-state index contributed by atoms with van der Waals surface area (Å²) in [6.45, 7) is 7.16. The van der Waals surface area contributed by atoms with Crippen LogP contribution in [-0.2, 0) is 0 Å². The van der Waals surface area contributed by atoms with Crippen LogP contribution in [0.4, 0.5) is 5.82 Å². The summed E-state index contributed by atoms with van der Waals surface area (Å²) >= 11 is 1.44. The van der Waals surface area contributed by atoms with Gasteiger partial charge in [0.15, 0.2) is 5.82 Å². The van der Waals surface area contributed by atoms with Crippen molar-refractivity contribution in [2.45, 2.75) is 27.2 Å². The molecule has 0 aliphatic carbocycles. The zero-order valence-electron chi connectivity index (χ0n) is 8.79. The summed E-state index contributed by atoms with van der Waals surface area (Å²) in [5.41, 5.74) is 0. The third-order valence-electron chi connectivity index (χ3n) is 1.85. The molecule has 1 rings (SSSR count). The van der Waals surface area contributed by atoms with E-state index in [-0.39, 0.29) is 0 Å². The van der Waals surface area contributed by atoms with Gasteiger partial charge in [-0.3, -0.25) is 0 Å². The Balaban J connectivity index is 2.54. The highest BCUT2D eigenvalue weighted by atomic mass is 32.1. The lowest BCUT2D eigenvalue weighted by atomic mass is 10.1. The van der Waals surface area contributed by atoms with E-state index in [9.17, 15) is 0 Å². The van der Waals surface area contributed by atoms with Crippen LogP contribution in [0.5, 0.6) is 0 Å². The first-order valence-corrected chi connectivity index (χ1v) is 5.56. The number of hydrogen-bond acceptors (Lipinski definition) is 4. The molecule has 0 atom stereocenters. The van der Waals surface area contributed by atoms with Gasteiger partial charge < -0.3 is 5.32 Å². The molecule has 1 aromatic heterocycles. The van der Waals surface area contributed by atoms with Crippen LogP contribution in [-0.4, -0.2) is 11.5 Å². The molecule has 0 bridgehead atoms. The van der Waals surface area contributed by atoms with Gasteiger partial charge in [0, 0.05) is 6.54 Å². The Kier molecular flexibility index (Phi) is 3.90. The number of nitrogens with zero attached hydrogens (tertiary/aromatic N) is 2. The van der Waals surface area contributed by atoms with Crippen LogP contribution in [0.25, 0.3) is 0 Å². The average Bonchev–Trinajstić information content (AvgIpc) is 2.45. The lowest BCUT2D eigenvalue weighted by molar-refractivity contribution is 0.606. The number of anilines is 1. The van der Waals surface area contributed by atoms with Crippen molar-refractivity contribution >= 4 is 17.2 Å². The molecule has 0 aromatic carbocycles. The van der Waals surface area contributed by atoms with E-state index < -0.39 is 0 Å². The molecule has 0 saturated carbocycles. The van der Waals surface area contributed by atoms with Crippen molar-refractivity contribution in [3.63, 3.8) is 0 Å². The highest BCUT2D eigenvalue weighted by molar-refractivity contribution is 7.12. The first-order chi connectivity index (χ1) is 6.63. The lowest BCUT2D eigenvalue weighted by Crippen LogP contribution is -2.05. The second-order valence-corrected chi connectivity index (χ2v) is 4.83. The maximum atomic E-state index is 8.82. The summed E-state index contributed by atoms with van der Waals surface area (Å²) < 4.78 is 0. The van der Waals surface area contributed by atoms with Crippen molar-refractivity contribution in [2.75, 3.05) is 11.9 Å². The third kappa shape index (κ3) is 3.00. The second kappa shape index (κ2) is 4.97. The average molecular weight is 209 g/mol. The van der Waals surface area contributed by atoms with Gasteiger partial charge in [0.05, 0.1) is 5.01 Å². The fourth-order valence-corrected chi connectivity index (χ4v) is 1.79. The number of nitriles is 1. The van der Waals surface area contributed by atoms with E-state index in [2.05, 4.69) is 30.2 Å². The standard InChI is InChI=1S/C10H15N3S/c1-7(2)4-5-12-10-9(6-11)14-8(3)13-10/h7,12H,4-5H2,1-3H3. The lowest BCUT2D eigenvalue weighted by Gasteiger charge is -2.05. The SMILES string of the molecule is Cc1nc(NCCC(C)C)c(C#N)s1. The molecule has 4 heteroatoms. The molecule has 3 nitrogen and oxygen atoms in total. The number of aryl methyl sites for hydroxylation is 1. The predicted octanol–water partition coefficient (Wildman–Crippen LogP) is 2.78. The molecule has 0 saturated heterocycles. The zero-order chi connectivity index (χ0) is 10.6. The van der Waals surface area contributed by atoms with Crippen molar-refractivity contribution in [3.8, 4) is 6.07 Å². The maximum Gasteiger partial charge on any atom is 0.155 e. The van der Waals surface area contributed by atoms with Crippen molar-refractivity contribution in [1.29, 1.82) is 5.26 Å². The first kappa shape index (κ1) is 11.0. The topological polar surface area (TPSA) is 48.7 Å². The smallest absolute Gasteiger partial charge is 0.155 e. The highest BCUT2D eigenvalue weighted by Gasteiger charge is 2.07. The van der Waals surface area contributed by atoms with Crippen LogP contribution in [0.2, 0.25) is 0 Å². The molecule has 1 heterocycles. The number of hydrogen-bond donors (Lipinski definition) is 1. The summed E-state index contributed by atoms with van der Waals surface area (Å²) in [7, 11) is 0. The Hall–Kier alpha value is -1.08. The van der Waals surface area contributed by atoms with Crippen LogP contribution in [0.1, 0.15) is 30.2 Å². The van der Waals surface area contributed by atoms with Crippen LogP contribution < -0.4 is 5.32 Å². The Morgan fingerprint density at radius 3 is 2.86 bits per heavy atom. The van der Waals surface area contributed by atoms with E-state index in [0.717, 1.165) is 23.8 Å². The van der Waals surface area contributed by atoms with E-state index in [4.69, 9.17) is 5.26 Å². The van der Waals surface area contributed by atoms with Crippen LogP contribution in [0, 0.1) is 24.2 Å². The van der Waals surface area contributed by atoms with Crippen molar-refractivity contribution < 1.29 is 0 Å². The van der Waals surface area contributed by atoms with Crippen molar-refractivity contribution in [2.24, 2.45) is 5.92 Å². The molecular formula is C10H15N3S. The molecule has 0 spiro atoms. The molecule has 1 aromatic rings. The summed E-state index contributed by atoms with van der Waals surface area (Å²) in [5, 5.41) is 13.0. The van der Waals surface area contributed by atoms with Gasteiger partial charge in [-0.15, -0.1) is 11.3 Å². The normalized spacial score (nSPS) is 10.2. The first-order valence-electron chi connectivity index (χ1n) is 4.75. The van der Waals surface area contributed by atoms with E-state index in [1.807, 2.05) is 6.92 Å². The minimum atomic E-state index is 0.674. The van der Waals surface area contributed by atoms with Gasteiger partial charge in [-0.2, -0.15) is 5.26 Å². The molecule has 1 N–H and O–H groups in total. The van der Waals surface area contributed by atoms with Gasteiger partial charge in [0.2, 0.25) is 0 Å². The molecule has 0 fully saturated rings. The van der Waals surface area contributed by atoms with E-state index in [1.54, 1.807) is 0 Å². The van der Waals surface area contributed by atoms with E-state index >= 15 is 0 Å². The number of rotatable bonds is 4. The summed E-state index contributed by atoms with van der Waals surface area (Å²) in [6, 6.07) is 2.15. The van der Waals surface area contributed by atoms with Crippen molar-refractivity contribution in [3.05, 3.63) is 9.88 Å². The molecule has 0 aliphatic heterocycles. The van der Waals surface area contributed by atoms with Gasteiger partial charge in [-0.25, -0.2) is 4.98 Å². The van der Waals surface area contributed by atoms with Crippen LogP contribution in [0.3, 0.4) is 0 Å². The Morgan fingerprint density at radius 1 is 1.57 bits per heavy atom. The quantitative estimate of drug-likeness (QED) is 0.829. The predicted molar refractivity (Wildman–Crippen MR) is 59.5 cm³/mol. The highest BCUT2D eigenvalue weighted by Crippen LogP contribution is 2.21. The number of aromatic nitrogens is 1. The van der Waals surface area contributed by atoms with Gasteiger partial charge in [-0.05, 0) is 19.3 Å². The van der Waals surface area contributed by atoms with Crippen molar-refractivity contribution in [1.82, 2.24) is 4.98 Å². The van der Waals surface area contributed by atoms with E-state index in [0.29, 0.717) is 10.8 Å². The van der Waals surface area contributed by atoms with Gasteiger partial charge in [0.25, 0.3) is 0 Å². The molecular weight excluding hydrogens is 194 g/mol. The minimum Gasteiger partial charge on any atom is -0.368 e. The Bertz CT molecular complexity index is 336. The minimum absolute atomic E-state index is 0.674. The monoisotopic (exact) mass is 209 g/mol. The number of nitrogens with one attached hydrogen (secondary N) is 1. The fourth-order valence-electron chi connectivity index (χ4n) is 1.10. The largest absolute Gasteiger partial charge is 0.368 e. The van der Waals surface area contributed by atoms with E-state index in [1.165, 1.54) is 11.3 Å². The maximum absolute atomic E-state index is 8.82. The summed E-state index contributed by atoms with van der Waals surface area (Å²) in [4.78, 5) is 4.95. The van der Waals surface area contributed by atoms with Crippen LogP contribution in [0.15, 0.2) is 0 Å².